The number of alkyl halides is 3. The molecule has 0 aliphatic carbocycles. The zero-order valence-corrected chi connectivity index (χ0v) is 11.4. The highest BCUT2D eigenvalue weighted by Crippen LogP contribution is 2.23. The van der Waals surface area contributed by atoms with E-state index >= 15 is 0 Å². The third kappa shape index (κ3) is 5.11. The van der Waals surface area contributed by atoms with Crippen molar-refractivity contribution in [2.75, 3.05) is 0 Å². The molecule has 21 heavy (non-hydrogen) atoms. The van der Waals surface area contributed by atoms with Crippen LogP contribution in [0.15, 0.2) is 36.7 Å². The molecule has 8 heteroatoms. The standard InChI is InChI=1S/C13H10ClF3N2O2/c14-10-6-18-19(7-10)8-11(20)4-9-2-1-3-12(5-9)21-13(15,16)17/h1-3,5-7H,4,8H2. The van der Waals surface area contributed by atoms with Crippen molar-refractivity contribution in [3.05, 3.63) is 47.2 Å². The van der Waals surface area contributed by atoms with Gasteiger partial charge in [0.15, 0.2) is 5.78 Å². The molecular formula is C13H10ClF3N2O2. The predicted octanol–water partition coefficient (Wildman–Crippen LogP) is 3.25. The Hall–Kier alpha value is -2.02. The quantitative estimate of drug-likeness (QED) is 0.850. The first kappa shape index (κ1) is 15.4. The van der Waals surface area contributed by atoms with Gasteiger partial charge in [-0.05, 0) is 17.7 Å². The maximum absolute atomic E-state index is 12.1. The van der Waals surface area contributed by atoms with Crippen molar-refractivity contribution in [1.29, 1.82) is 0 Å². The van der Waals surface area contributed by atoms with E-state index in [9.17, 15) is 18.0 Å². The molecule has 0 fully saturated rings. The van der Waals surface area contributed by atoms with E-state index in [1.165, 1.54) is 35.3 Å². The summed E-state index contributed by atoms with van der Waals surface area (Å²) in [6, 6.07) is 5.31. The molecule has 1 aromatic heterocycles. The molecule has 2 aromatic rings. The van der Waals surface area contributed by atoms with Crippen LogP contribution in [0.5, 0.6) is 5.75 Å². The lowest BCUT2D eigenvalue weighted by Crippen LogP contribution is -2.17. The van der Waals surface area contributed by atoms with E-state index in [0.29, 0.717) is 10.6 Å². The summed E-state index contributed by atoms with van der Waals surface area (Å²) in [6.45, 7) is -0.00290. The summed E-state index contributed by atoms with van der Waals surface area (Å²) in [4.78, 5) is 11.8. The van der Waals surface area contributed by atoms with Crippen LogP contribution >= 0.6 is 11.6 Å². The molecule has 0 saturated carbocycles. The highest BCUT2D eigenvalue weighted by molar-refractivity contribution is 6.30. The van der Waals surface area contributed by atoms with Crippen LogP contribution in [-0.4, -0.2) is 21.9 Å². The zero-order chi connectivity index (χ0) is 15.5. The molecule has 0 aliphatic heterocycles. The van der Waals surface area contributed by atoms with Gasteiger partial charge in [-0.15, -0.1) is 13.2 Å². The van der Waals surface area contributed by atoms with Crippen molar-refractivity contribution in [3.8, 4) is 5.75 Å². The first-order valence-electron chi connectivity index (χ1n) is 5.86. The monoisotopic (exact) mass is 318 g/mol. The highest BCUT2D eigenvalue weighted by atomic mass is 35.5. The number of halogens is 4. The molecule has 0 spiro atoms. The maximum Gasteiger partial charge on any atom is 0.573 e. The molecule has 0 atom stereocenters. The van der Waals surface area contributed by atoms with Crippen molar-refractivity contribution in [1.82, 2.24) is 9.78 Å². The molecule has 0 saturated heterocycles. The third-order valence-corrected chi connectivity index (χ3v) is 2.67. The second-order valence-corrected chi connectivity index (χ2v) is 4.70. The second kappa shape index (κ2) is 6.17. The number of nitrogens with zero attached hydrogens (tertiary/aromatic N) is 2. The average molecular weight is 319 g/mol. The number of hydrogen-bond donors (Lipinski definition) is 0. The van der Waals surface area contributed by atoms with Crippen LogP contribution in [-0.2, 0) is 17.8 Å². The number of carbonyl (C=O) groups is 1. The first-order valence-corrected chi connectivity index (χ1v) is 6.24. The van der Waals surface area contributed by atoms with Crippen LogP contribution in [0.4, 0.5) is 13.2 Å². The van der Waals surface area contributed by atoms with Gasteiger partial charge in [0.05, 0.1) is 17.8 Å². The Morgan fingerprint density at radius 3 is 2.76 bits per heavy atom. The molecule has 1 aromatic carbocycles. The lowest BCUT2D eigenvalue weighted by Gasteiger charge is -2.09. The van der Waals surface area contributed by atoms with E-state index in [1.807, 2.05) is 0 Å². The van der Waals surface area contributed by atoms with Crippen molar-refractivity contribution >= 4 is 17.4 Å². The average Bonchev–Trinajstić information content (AvgIpc) is 2.72. The lowest BCUT2D eigenvalue weighted by atomic mass is 10.1. The van der Waals surface area contributed by atoms with E-state index in [2.05, 4.69) is 9.84 Å². The number of benzene rings is 1. The van der Waals surface area contributed by atoms with Crippen LogP contribution in [0.1, 0.15) is 5.56 Å². The minimum Gasteiger partial charge on any atom is -0.406 e. The lowest BCUT2D eigenvalue weighted by molar-refractivity contribution is -0.274. The Kier molecular flexibility index (Phi) is 4.52. The summed E-state index contributed by atoms with van der Waals surface area (Å²) in [5.41, 5.74) is 0.431. The highest BCUT2D eigenvalue weighted by Gasteiger charge is 2.31. The van der Waals surface area contributed by atoms with Gasteiger partial charge < -0.3 is 4.74 Å². The SMILES string of the molecule is O=C(Cc1cccc(OC(F)(F)F)c1)Cn1cc(Cl)cn1. The number of carbonyl (C=O) groups excluding carboxylic acids is 1. The summed E-state index contributed by atoms with van der Waals surface area (Å²) >= 11 is 5.67. The Morgan fingerprint density at radius 2 is 2.14 bits per heavy atom. The molecule has 0 unspecified atom stereocenters. The van der Waals surface area contributed by atoms with E-state index in [0.717, 1.165) is 0 Å². The fourth-order valence-electron chi connectivity index (χ4n) is 1.74. The summed E-state index contributed by atoms with van der Waals surface area (Å²) in [5.74, 6) is -0.561. The smallest absolute Gasteiger partial charge is 0.406 e. The maximum atomic E-state index is 12.1. The van der Waals surface area contributed by atoms with Crippen LogP contribution in [0.25, 0.3) is 0 Å². The minimum atomic E-state index is -4.76. The van der Waals surface area contributed by atoms with E-state index in [4.69, 9.17) is 11.6 Å². The van der Waals surface area contributed by atoms with Gasteiger partial charge in [0.2, 0.25) is 0 Å². The Morgan fingerprint density at radius 1 is 1.38 bits per heavy atom. The van der Waals surface area contributed by atoms with Crippen LogP contribution < -0.4 is 4.74 Å². The van der Waals surface area contributed by atoms with Crippen molar-refractivity contribution in [2.45, 2.75) is 19.3 Å². The van der Waals surface area contributed by atoms with E-state index < -0.39 is 6.36 Å². The molecule has 112 valence electrons. The molecule has 0 bridgehead atoms. The fourth-order valence-corrected chi connectivity index (χ4v) is 1.90. The van der Waals surface area contributed by atoms with Gasteiger partial charge in [-0.1, -0.05) is 23.7 Å². The van der Waals surface area contributed by atoms with Crippen molar-refractivity contribution < 1.29 is 22.7 Å². The molecule has 4 nitrogen and oxygen atoms in total. The largest absolute Gasteiger partial charge is 0.573 e. The van der Waals surface area contributed by atoms with Gasteiger partial charge in [0.25, 0.3) is 0 Å². The normalized spacial score (nSPS) is 11.4. The van der Waals surface area contributed by atoms with Gasteiger partial charge >= 0.3 is 6.36 Å². The number of ketones is 1. The summed E-state index contributed by atoms with van der Waals surface area (Å²) in [5, 5.41) is 4.26. The number of Topliss-reactive ketones (excluding diaryl/α,β-unsaturated/α-hetero) is 1. The summed E-state index contributed by atoms with van der Waals surface area (Å²) < 4.78 is 41.5. The summed E-state index contributed by atoms with van der Waals surface area (Å²) in [6.07, 6.45) is -1.89. The zero-order valence-electron chi connectivity index (χ0n) is 10.6. The number of rotatable bonds is 5. The van der Waals surface area contributed by atoms with E-state index in [-0.39, 0.29) is 24.5 Å². The van der Waals surface area contributed by atoms with Gasteiger partial charge in [0.1, 0.15) is 5.75 Å². The van der Waals surface area contributed by atoms with Gasteiger partial charge in [0, 0.05) is 12.6 Å². The molecule has 0 aliphatic rings. The number of ether oxygens (including phenoxy) is 1. The van der Waals surface area contributed by atoms with Gasteiger partial charge in [-0.2, -0.15) is 5.10 Å². The molecule has 0 N–H and O–H groups in total. The molecule has 0 radical (unpaired) electrons. The number of hydrogen-bond acceptors (Lipinski definition) is 3. The van der Waals surface area contributed by atoms with E-state index in [1.54, 1.807) is 6.07 Å². The second-order valence-electron chi connectivity index (χ2n) is 4.27. The molecule has 1 heterocycles. The first-order chi connectivity index (χ1) is 9.82. The van der Waals surface area contributed by atoms with Crippen LogP contribution in [0, 0.1) is 0 Å². The van der Waals surface area contributed by atoms with Crippen molar-refractivity contribution in [2.24, 2.45) is 0 Å². The van der Waals surface area contributed by atoms with Gasteiger partial charge in [-0.25, -0.2) is 0 Å². The molecule has 0 amide bonds. The van der Waals surface area contributed by atoms with Crippen LogP contribution in [0.2, 0.25) is 5.02 Å². The molecular weight excluding hydrogens is 309 g/mol. The number of aromatic nitrogens is 2. The summed E-state index contributed by atoms with van der Waals surface area (Å²) in [7, 11) is 0. The predicted molar refractivity (Wildman–Crippen MR) is 69.1 cm³/mol. The molecule has 2 rings (SSSR count). The van der Waals surface area contributed by atoms with Gasteiger partial charge in [-0.3, -0.25) is 9.48 Å². The minimum absolute atomic E-state index is 0.00290. The Bertz CT molecular complexity index is 640. The van der Waals surface area contributed by atoms with Crippen LogP contribution in [0.3, 0.4) is 0 Å². The fraction of sp³-hybridized carbons (Fsp3) is 0.231. The Labute approximate surface area is 123 Å². The topological polar surface area (TPSA) is 44.1 Å². The third-order valence-electron chi connectivity index (χ3n) is 2.47. The van der Waals surface area contributed by atoms with Crippen molar-refractivity contribution in [3.63, 3.8) is 0 Å². The Balaban J connectivity index is 1.99.